The number of nitrogens with one attached hydrogen (secondary N) is 1. The fraction of sp³-hybridized carbons (Fsp3) is 0.611. The molecule has 1 aliphatic rings. The Kier molecular flexibility index (Phi) is 5.83. The van der Waals surface area contributed by atoms with Gasteiger partial charge in [0.15, 0.2) is 0 Å². The van der Waals surface area contributed by atoms with Crippen molar-refractivity contribution in [1.82, 2.24) is 5.32 Å². The van der Waals surface area contributed by atoms with Crippen LogP contribution in [0.3, 0.4) is 0 Å². The first-order valence-corrected chi connectivity index (χ1v) is 8.10. The van der Waals surface area contributed by atoms with Gasteiger partial charge >= 0.3 is 5.97 Å². The molecular weight excluding hydrogens is 278 g/mol. The molecule has 0 aliphatic carbocycles. The predicted molar refractivity (Wildman–Crippen MR) is 87.2 cm³/mol. The maximum atomic E-state index is 12.0. The highest BCUT2D eigenvalue weighted by Crippen LogP contribution is 2.23. The third-order valence-corrected chi connectivity index (χ3v) is 4.06. The van der Waals surface area contributed by atoms with E-state index in [-0.39, 0.29) is 24.2 Å². The summed E-state index contributed by atoms with van der Waals surface area (Å²) in [4.78, 5) is 12.0. The number of aryl methyl sites for hydroxylation is 2. The first-order chi connectivity index (χ1) is 10.5. The van der Waals surface area contributed by atoms with Crippen molar-refractivity contribution in [1.29, 1.82) is 0 Å². The minimum absolute atomic E-state index is 0.0830. The highest BCUT2D eigenvalue weighted by atomic mass is 16.5. The van der Waals surface area contributed by atoms with E-state index in [4.69, 9.17) is 9.47 Å². The molecule has 3 atom stereocenters. The number of ether oxygens (including phenoxy) is 2. The van der Waals surface area contributed by atoms with Gasteiger partial charge in [0, 0.05) is 6.42 Å². The van der Waals surface area contributed by atoms with E-state index in [1.165, 1.54) is 11.1 Å². The summed E-state index contributed by atoms with van der Waals surface area (Å²) >= 11 is 0. The second kappa shape index (κ2) is 7.63. The summed E-state index contributed by atoms with van der Waals surface area (Å²) < 4.78 is 11.7. The molecule has 1 aromatic carbocycles. The second-order valence-electron chi connectivity index (χ2n) is 6.32. The summed E-state index contributed by atoms with van der Waals surface area (Å²) in [6, 6.07) is 6.06. The SMILES string of the molecule is CN[C@H]1CCCC(Oc2cc(C)cc(C)c2)CC(C)OC1=O. The van der Waals surface area contributed by atoms with Crippen molar-refractivity contribution < 1.29 is 14.3 Å². The van der Waals surface area contributed by atoms with Gasteiger partial charge in [-0.3, -0.25) is 4.79 Å². The standard InChI is InChI=1S/C18H27NO3/c1-12-8-13(2)10-16(9-12)22-15-6-5-7-17(19-4)18(20)21-14(3)11-15/h8-10,14-15,17,19H,5-7,11H2,1-4H3/t14?,15?,17-/m0/s1. The number of cyclic esters (lactones) is 1. The van der Waals surface area contributed by atoms with Crippen molar-refractivity contribution >= 4 is 5.97 Å². The largest absolute Gasteiger partial charge is 0.490 e. The minimum Gasteiger partial charge on any atom is -0.490 e. The number of rotatable bonds is 3. The van der Waals surface area contributed by atoms with Gasteiger partial charge in [-0.15, -0.1) is 0 Å². The Morgan fingerprint density at radius 1 is 1.18 bits per heavy atom. The lowest BCUT2D eigenvalue weighted by atomic mass is 10.0. The van der Waals surface area contributed by atoms with Crippen molar-refractivity contribution in [2.45, 2.75) is 64.7 Å². The Labute approximate surface area is 133 Å². The van der Waals surface area contributed by atoms with Gasteiger partial charge in [-0.05, 0) is 70.3 Å². The number of likely N-dealkylation sites (N-methyl/N-ethyl adjacent to an activating group) is 1. The van der Waals surface area contributed by atoms with Crippen LogP contribution in [-0.4, -0.2) is 31.3 Å². The van der Waals surface area contributed by atoms with Crippen LogP contribution >= 0.6 is 0 Å². The molecule has 0 spiro atoms. The van der Waals surface area contributed by atoms with Crippen LogP contribution in [0, 0.1) is 13.8 Å². The molecule has 1 N–H and O–H groups in total. The predicted octanol–water partition coefficient (Wildman–Crippen LogP) is 3.14. The van der Waals surface area contributed by atoms with E-state index in [1.807, 2.05) is 6.92 Å². The topological polar surface area (TPSA) is 47.6 Å². The molecule has 0 saturated carbocycles. The van der Waals surface area contributed by atoms with Crippen LogP contribution in [0.15, 0.2) is 18.2 Å². The number of hydrogen-bond acceptors (Lipinski definition) is 4. The summed E-state index contributed by atoms with van der Waals surface area (Å²) in [6.45, 7) is 6.09. The third-order valence-electron chi connectivity index (χ3n) is 4.06. The van der Waals surface area contributed by atoms with Crippen molar-refractivity contribution in [3.8, 4) is 5.75 Å². The summed E-state index contributed by atoms with van der Waals surface area (Å²) in [5.74, 6) is 0.757. The van der Waals surface area contributed by atoms with E-state index >= 15 is 0 Å². The molecule has 1 saturated heterocycles. The van der Waals surface area contributed by atoms with Crippen LogP contribution in [0.25, 0.3) is 0 Å². The summed E-state index contributed by atoms with van der Waals surface area (Å²) in [6.07, 6.45) is 3.36. The maximum absolute atomic E-state index is 12.0. The lowest BCUT2D eigenvalue weighted by molar-refractivity contribution is -0.151. The highest BCUT2D eigenvalue weighted by Gasteiger charge is 2.26. The Hall–Kier alpha value is -1.55. The van der Waals surface area contributed by atoms with Crippen LogP contribution in [0.1, 0.15) is 43.7 Å². The number of carbonyl (C=O) groups is 1. The van der Waals surface area contributed by atoms with Crippen molar-refractivity contribution in [3.63, 3.8) is 0 Å². The fourth-order valence-corrected chi connectivity index (χ4v) is 3.05. The van der Waals surface area contributed by atoms with Crippen molar-refractivity contribution in [3.05, 3.63) is 29.3 Å². The second-order valence-corrected chi connectivity index (χ2v) is 6.32. The highest BCUT2D eigenvalue weighted by molar-refractivity contribution is 5.75. The maximum Gasteiger partial charge on any atom is 0.323 e. The smallest absolute Gasteiger partial charge is 0.323 e. The Balaban J connectivity index is 2.05. The monoisotopic (exact) mass is 305 g/mol. The average Bonchev–Trinajstić information content (AvgIpc) is 2.47. The zero-order valence-electron chi connectivity index (χ0n) is 14.0. The van der Waals surface area contributed by atoms with Gasteiger partial charge in [-0.1, -0.05) is 6.07 Å². The fourth-order valence-electron chi connectivity index (χ4n) is 3.05. The molecule has 2 unspecified atom stereocenters. The molecule has 2 rings (SSSR count). The number of benzene rings is 1. The number of esters is 1. The summed E-state index contributed by atoms with van der Waals surface area (Å²) in [7, 11) is 1.80. The third kappa shape index (κ3) is 4.73. The zero-order valence-corrected chi connectivity index (χ0v) is 14.0. The first-order valence-electron chi connectivity index (χ1n) is 8.10. The quantitative estimate of drug-likeness (QED) is 0.872. The Morgan fingerprint density at radius 3 is 2.50 bits per heavy atom. The van der Waals surface area contributed by atoms with E-state index in [9.17, 15) is 4.79 Å². The van der Waals surface area contributed by atoms with Crippen LogP contribution < -0.4 is 10.1 Å². The van der Waals surface area contributed by atoms with Gasteiger partial charge in [0.2, 0.25) is 0 Å². The molecule has 22 heavy (non-hydrogen) atoms. The van der Waals surface area contributed by atoms with E-state index < -0.39 is 0 Å². The van der Waals surface area contributed by atoms with Crippen LogP contribution in [-0.2, 0) is 9.53 Å². The van der Waals surface area contributed by atoms with Crippen molar-refractivity contribution in [2.75, 3.05) is 7.05 Å². The van der Waals surface area contributed by atoms with Gasteiger partial charge in [0.1, 0.15) is 24.0 Å². The molecule has 122 valence electrons. The molecule has 4 heteroatoms. The van der Waals surface area contributed by atoms with E-state index in [0.717, 1.165) is 31.4 Å². The molecule has 0 radical (unpaired) electrons. The lowest BCUT2D eigenvalue weighted by Gasteiger charge is -2.22. The molecule has 1 fully saturated rings. The summed E-state index contributed by atoms with van der Waals surface area (Å²) in [5, 5.41) is 3.03. The lowest BCUT2D eigenvalue weighted by Crippen LogP contribution is -2.36. The number of carbonyl (C=O) groups excluding carboxylic acids is 1. The number of hydrogen-bond donors (Lipinski definition) is 1. The van der Waals surface area contributed by atoms with E-state index in [0.29, 0.717) is 0 Å². The Morgan fingerprint density at radius 2 is 1.86 bits per heavy atom. The zero-order chi connectivity index (χ0) is 16.1. The molecule has 1 heterocycles. The molecule has 0 amide bonds. The van der Waals surface area contributed by atoms with Crippen LogP contribution in [0.5, 0.6) is 5.75 Å². The van der Waals surface area contributed by atoms with Gasteiger partial charge in [0.05, 0.1) is 0 Å². The molecule has 1 aromatic rings. The first kappa shape index (κ1) is 16.8. The minimum atomic E-state index is -0.206. The normalized spacial score (nSPS) is 26.5. The van der Waals surface area contributed by atoms with Crippen LogP contribution in [0.4, 0.5) is 0 Å². The van der Waals surface area contributed by atoms with E-state index in [1.54, 1.807) is 7.05 Å². The average molecular weight is 305 g/mol. The molecule has 1 aliphatic heterocycles. The van der Waals surface area contributed by atoms with E-state index in [2.05, 4.69) is 37.4 Å². The Bertz CT molecular complexity index is 495. The van der Waals surface area contributed by atoms with Crippen LogP contribution in [0.2, 0.25) is 0 Å². The van der Waals surface area contributed by atoms with Crippen molar-refractivity contribution in [2.24, 2.45) is 0 Å². The van der Waals surface area contributed by atoms with Gasteiger partial charge in [-0.25, -0.2) is 0 Å². The molecule has 0 aromatic heterocycles. The molecule has 0 bridgehead atoms. The summed E-state index contributed by atoms with van der Waals surface area (Å²) in [5.41, 5.74) is 2.40. The van der Waals surface area contributed by atoms with Gasteiger partial charge < -0.3 is 14.8 Å². The molecule has 4 nitrogen and oxygen atoms in total. The van der Waals surface area contributed by atoms with Gasteiger partial charge in [-0.2, -0.15) is 0 Å². The molecular formula is C18H27NO3. The van der Waals surface area contributed by atoms with Gasteiger partial charge in [0.25, 0.3) is 0 Å².